The van der Waals surface area contributed by atoms with Gasteiger partial charge in [-0.15, -0.1) is 0 Å². The number of hydrogen-bond acceptors (Lipinski definition) is 3. The number of nitrogens with two attached hydrogens (primary N) is 1. The number of benzene rings is 1. The molecule has 0 radical (unpaired) electrons. The molecule has 0 saturated heterocycles. The molecule has 3 N–H and O–H groups in total. The number of primary amides is 1. The fraction of sp³-hybridized carbons (Fsp3) is 0.522. The molecule has 1 fully saturated rings. The van der Waals surface area contributed by atoms with Crippen LogP contribution in [-0.4, -0.2) is 44.6 Å². The molecule has 0 spiro atoms. The molecule has 2 aliphatic rings. The van der Waals surface area contributed by atoms with Crippen molar-refractivity contribution in [1.82, 2.24) is 20.0 Å². The Bertz CT molecular complexity index is 1070. The Kier molecular flexibility index (Phi) is 6.11. The second-order valence-corrected chi connectivity index (χ2v) is 9.91. The third-order valence-corrected chi connectivity index (χ3v) is 7.01. The van der Waals surface area contributed by atoms with E-state index in [0.717, 1.165) is 0 Å². The van der Waals surface area contributed by atoms with Gasteiger partial charge in [-0.1, -0.05) is 23.7 Å². The van der Waals surface area contributed by atoms with Crippen LogP contribution >= 0.6 is 11.6 Å². The van der Waals surface area contributed by atoms with Crippen molar-refractivity contribution in [3.8, 4) is 11.3 Å². The van der Waals surface area contributed by atoms with Crippen molar-refractivity contribution in [2.75, 3.05) is 6.54 Å². The SMILES string of the molecule is CC(C)(NC(=O)N1CCn2nc(-c3cccc(Cl)c3)c(C(N)=O)c2C1)C1CCC(F)(F)CC1. The molecule has 1 aromatic heterocycles. The number of alkyl halides is 2. The molecule has 1 aliphatic heterocycles. The Hall–Kier alpha value is -2.68. The van der Waals surface area contributed by atoms with Crippen LogP contribution in [0.2, 0.25) is 5.02 Å². The van der Waals surface area contributed by atoms with E-state index < -0.39 is 17.4 Å². The van der Waals surface area contributed by atoms with Gasteiger partial charge in [0.05, 0.1) is 24.3 Å². The summed E-state index contributed by atoms with van der Waals surface area (Å²) < 4.78 is 28.8. The summed E-state index contributed by atoms with van der Waals surface area (Å²) in [6, 6.07) is 6.70. The highest BCUT2D eigenvalue weighted by atomic mass is 35.5. The molecule has 3 amide bonds. The topological polar surface area (TPSA) is 93.2 Å². The first-order chi connectivity index (χ1) is 15.5. The van der Waals surface area contributed by atoms with E-state index in [1.807, 2.05) is 13.8 Å². The molecule has 10 heteroatoms. The smallest absolute Gasteiger partial charge is 0.318 e. The van der Waals surface area contributed by atoms with Gasteiger partial charge < -0.3 is 16.0 Å². The molecule has 178 valence electrons. The van der Waals surface area contributed by atoms with Crippen LogP contribution in [0.5, 0.6) is 0 Å². The van der Waals surface area contributed by atoms with Gasteiger partial charge in [-0.05, 0) is 44.7 Å². The maximum Gasteiger partial charge on any atom is 0.318 e. The predicted octanol–water partition coefficient (Wildman–Crippen LogP) is 4.43. The van der Waals surface area contributed by atoms with Gasteiger partial charge in [-0.3, -0.25) is 9.48 Å². The van der Waals surface area contributed by atoms with Gasteiger partial charge >= 0.3 is 6.03 Å². The van der Waals surface area contributed by atoms with E-state index >= 15 is 0 Å². The third-order valence-electron chi connectivity index (χ3n) is 6.78. The van der Waals surface area contributed by atoms with Crippen molar-refractivity contribution >= 4 is 23.5 Å². The van der Waals surface area contributed by atoms with Crippen LogP contribution in [0.3, 0.4) is 0 Å². The summed E-state index contributed by atoms with van der Waals surface area (Å²) in [5.74, 6) is -3.28. The third kappa shape index (κ3) is 4.83. The number of fused-ring (bicyclic) bond motifs is 1. The van der Waals surface area contributed by atoms with Crippen molar-refractivity contribution in [2.45, 2.75) is 64.1 Å². The molecule has 0 atom stereocenters. The van der Waals surface area contributed by atoms with Gasteiger partial charge in [0.25, 0.3) is 5.91 Å². The van der Waals surface area contributed by atoms with Crippen LogP contribution in [0.4, 0.5) is 13.6 Å². The number of hydrogen-bond donors (Lipinski definition) is 2. The minimum atomic E-state index is -2.62. The van der Waals surface area contributed by atoms with Gasteiger partial charge in [0.1, 0.15) is 5.69 Å². The summed E-state index contributed by atoms with van der Waals surface area (Å²) >= 11 is 6.11. The lowest BCUT2D eigenvalue weighted by molar-refractivity contribution is -0.0542. The monoisotopic (exact) mass is 479 g/mol. The van der Waals surface area contributed by atoms with Crippen molar-refractivity contribution in [3.63, 3.8) is 0 Å². The van der Waals surface area contributed by atoms with Crippen LogP contribution in [0.25, 0.3) is 11.3 Å². The molecule has 33 heavy (non-hydrogen) atoms. The number of halogens is 3. The summed E-state index contributed by atoms with van der Waals surface area (Å²) in [7, 11) is 0. The number of carbonyl (C=O) groups excluding carboxylic acids is 2. The molecule has 7 nitrogen and oxygen atoms in total. The molecule has 2 aromatic rings. The Morgan fingerprint density at radius 3 is 2.58 bits per heavy atom. The van der Waals surface area contributed by atoms with Crippen LogP contribution in [0.1, 0.15) is 55.6 Å². The Balaban J connectivity index is 1.52. The van der Waals surface area contributed by atoms with E-state index in [1.165, 1.54) is 0 Å². The predicted molar refractivity (Wildman–Crippen MR) is 121 cm³/mol. The minimum Gasteiger partial charge on any atom is -0.365 e. The van der Waals surface area contributed by atoms with Crippen LogP contribution < -0.4 is 11.1 Å². The van der Waals surface area contributed by atoms with E-state index in [1.54, 1.807) is 33.8 Å². The summed E-state index contributed by atoms with van der Waals surface area (Å²) in [4.78, 5) is 27.0. The molecule has 1 aliphatic carbocycles. The number of nitrogens with one attached hydrogen (secondary N) is 1. The second-order valence-electron chi connectivity index (χ2n) is 9.47. The maximum absolute atomic E-state index is 13.6. The molecule has 0 unspecified atom stereocenters. The quantitative estimate of drug-likeness (QED) is 0.679. The van der Waals surface area contributed by atoms with Crippen LogP contribution in [0.15, 0.2) is 24.3 Å². The summed E-state index contributed by atoms with van der Waals surface area (Å²) in [6.07, 6.45) is 0.409. The van der Waals surface area contributed by atoms with E-state index in [-0.39, 0.29) is 36.9 Å². The summed E-state index contributed by atoms with van der Waals surface area (Å²) in [6.45, 7) is 4.71. The zero-order chi connectivity index (χ0) is 24.0. The normalized spacial score (nSPS) is 18.6. The van der Waals surface area contributed by atoms with Crippen molar-refractivity contribution in [1.29, 1.82) is 0 Å². The van der Waals surface area contributed by atoms with Gasteiger partial charge in [-0.2, -0.15) is 5.10 Å². The van der Waals surface area contributed by atoms with Crippen LogP contribution in [-0.2, 0) is 13.1 Å². The highest BCUT2D eigenvalue weighted by Gasteiger charge is 2.42. The first kappa shape index (κ1) is 23.5. The van der Waals surface area contributed by atoms with Gasteiger partial charge in [0.2, 0.25) is 5.92 Å². The molecule has 4 rings (SSSR count). The summed E-state index contributed by atoms with van der Waals surface area (Å²) in [5.41, 5.74) is 7.00. The molecule has 1 saturated carbocycles. The van der Waals surface area contributed by atoms with E-state index in [9.17, 15) is 18.4 Å². The van der Waals surface area contributed by atoms with E-state index in [0.29, 0.717) is 47.9 Å². The van der Waals surface area contributed by atoms with Gasteiger partial charge in [0.15, 0.2) is 0 Å². The number of amides is 3. The summed E-state index contributed by atoms with van der Waals surface area (Å²) in [5, 5.41) is 8.11. The van der Waals surface area contributed by atoms with Crippen molar-refractivity contribution in [2.24, 2.45) is 11.7 Å². The molecular formula is C23H28ClF2N5O2. The Morgan fingerprint density at radius 2 is 1.94 bits per heavy atom. The molecule has 1 aromatic carbocycles. The molecule has 0 bridgehead atoms. The maximum atomic E-state index is 13.6. The zero-order valence-electron chi connectivity index (χ0n) is 18.7. The first-order valence-corrected chi connectivity index (χ1v) is 11.4. The first-order valence-electron chi connectivity index (χ1n) is 11.1. The second kappa shape index (κ2) is 8.59. The molecular weight excluding hydrogens is 452 g/mol. The fourth-order valence-electron chi connectivity index (χ4n) is 4.81. The average Bonchev–Trinajstić information content (AvgIpc) is 3.12. The lowest BCUT2D eigenvalue weighted by Crippen LogP contribution is -2.55. The van der Waals surface area contributed by atoms with Gasteiger partial charge in [0, 0.05) is 35.5 Å². The average molecular weight is 480 g/mol. The van der Waals surface area contributed by atoms with Crippen molar-refractivity contribution < 1.29 is 18.4 Å². The fourth-order valence-corrected chi connectivity index (χ4v) is 5.00. The van der Waals surface area contributed by atoms with E-state index in [4.69, 9.17) is 17.3 Å². The number of carbonyl (C=O) groups is 2. The minimum absolute atomic E-state index is 0.0352. The number of rotatable bonds is 4. The van der Waals surface area contributed by atoms with Crippen LogP contribution in [0, 0.1) is 5.92 Å². The number of nitrogens with zero attached hydrogens (tertiary/aromatic N) is 3. The van der Waals surface area contributed by atoms with Crippen molar-refractivity contribution in [3.05, 3.63) is 40.5 Å². The highest BCUT2D eigenvalue weighted by Crippen LogP contribution is 2.40. The standard InChI is InChI=1S/C23H28ClF2N5O2/c1-22(2,15-6-8-23(25,26)9-7-15)28-21(33)30-10-11-31-17(13-30)18(20(27)32)19(29-31)14-4-3-5-16(24)12-14/h3-5,12,15H,6-11,13H2,1-2H3,(H2,27,32)(H,28,33). The number of aromatic nitrogens is 2. The number of urea groups is 1. The lowest BCUT2D eigenvalue weighted by atomic mass is 9.75. The zero-order valence-corrected chi connectivity index (χ0v) is 19.5. The Morgan fingerprint density at radius 1 is 1.24 bits per heavy atom. The largest absolute Gasteiger partial charge is 0.365 e. The highest BCUT2D eigenvalue weighted by molar-refractivity contribution is 6.30. The lowest BCUT2D eigenvalue weighted by Gasteiger charge is -2.41. The molecule has 2 heterocycles. The van der Waals surface area contributed by atoms with E-state index in [2.05, 4.69) is 10.4 Å². The Labute approximate surface area is 196 Å². The van der Waals surface area contributed by atoms with Gasteiger partial charge in [-0.25, -0.2) is 13.6 Å².